The lowest BCUT2D eigenvalue weighted by molar-refractivity contribution is -0.160. The summed E-state index contributed by atoms with van der Waals surface area (Å²) in [5.41, 5.74) is 0.367. The smallest absolute Gasteiger partial charge is 0.330 e. The number of unbranched alkanes of at least 4 members (excludes halogenated alkanes) is 6. The average Bonchev–Trinajstić information content (AvgIpc) is 2.78. The number of amides is 1. The van der Waals surface area contributed by atoms with E-state index in [2.05, 4.69) is 13.2 Å². The normalized spacial score (nSPS) is 24.6. The number of carbonyl (C=O) groups excluding carboxylic acids is 7. The van der Waals surface area contributed by atoms with E-state index >= 15 is 0 Å². The van der Waals surface area contributed by atoms with E-state index in [1.165, 1.54) is 40.6 Å². The number of thioether (sulfide) groups is 2. The summed E-state index contributed by atoms with van der Waals surface area (Å²) in [6.45, 7) is 8.95. The number of hydrogen-bond donors (Lipinski definition) is 0. The number of thiocarbonyl (C=S) groups is 1. The summed E-state index contributed by atoms with van der Waals surface area (Å²) in [5.74, 6) is -3.29. The van der Waals surface area contributed by atoms with Gasteiger partial charge in [-0.05, 0) is 153 Å². The van der Waals surface area contributed by atoms with Gasteiger partial charge in [-0.1, -0.05) is 73.8 Å². The van der Waals surface area contributed by atoms with Crippen LogP contribution in [0.4, 0.5) is 0 Å². The van der Waals surface area contributed by atoms with E-state index in [0.717, 1.165) is 103 Å². The molecule has 4 saturated carbocycles. The molecule has 0 atom stereocenters. The van der Waals surface area contributed by atoms with Crippen LogP contribution in [0.3, 0.4) is 0 Å². The molecule has 5 fully saturated rings. The van der Waals surface area contributed by atoms with Gasteiger partial charge in [0.05, 0.1) is 63.1 Å². The molecule has 2 aromatic carbocycles. The highest BCUT2D eigenvalue weighted by molar-refractivity contribution is 8.24. The molecule has 2 aromatic rings. The fourth-order valence-electron chi connectivity index (χ4n) is 11.7. The first-order valence-electron chi connectivity index (χ1n) is 29.6. The number of carbonyl (C=O) groups is 7. The molecule has 1 amide bonds. The molecule has 4 aliphatic carbocycles. The van der Waals surface area contributed by atoms with E-state index in [1.54, 1.807) is 19.0 Å². The Morgan fingerprint density at radius 3 is 1.22 bits per heavy atom. The van der Waals surface area contributed by atoms with E-state index in [-0.39, 0.29) is 54.1 Å². The first-order chi connectivity index (χ1) is 39.7. The van der Waals surface area contributed by atoms with Crippen molar-refractivity contribution in [2.75, 3.05) is 40.5 Å². The Morgan fingerprint density at radius 2 is 0.866 bits per heavy atom. The predicted molar refractivity (Wildman–Crippen MR) is 313 cm³/mol. The first-order valence-corrected chi connectivity index (χ1v) is 31.7. The molecule has 0 spiro atoms. The topological polar surface area (TPSA) is 200 Å². The van der Waals surface area contributed by atoms with E-state index in [4.69, 9.17) is 50.1 Å². The van der Waals surface area contributed by atoms with Gasteiger partial charge in [-0.2, -0.15) is 0 Å². The number of hydrogen-bond acceptors (Lipinski definition) is 18. The summed E-state index contributed by atoms with van der Waals surface area (Å²) in [6, 6.07) is 7.33. The Hall–Kier alpha value is -5.28. The summed E-state index contributed by atoms with van der Waals surface area (Å²) in [4.78, 5) is 95.7. The maximum Gasteiger partial charge on any atom is 0.330 e. The Morgan fingerprint density at radius 1 is 0.512 bits per heavy atom. The molecule has 17 nitrogen and oxygen atoms in total. The van der Waals surface area contributed by atoms with Crippen LogP contribution in [0.5, 0.6) is 11.5 Å². The molecular weight excluding hydrogens is 1110 g/mol. The standard InChI is InChI=1S/C62H80N2O15S3/c1-5-49(65)74-37-15-9-7-13-35-72-43-27-31-45(32-28-43)76-57(68)39-19-23-41(24-20-39)59(70)78-52-47-17-11-12-18-48(47)53(55-54(52)81-61(82-55)51-56(67)64(4)62(80)63(51)3)79-60(71)42-25-21-40(22-26-42)58(69)77-46-33-29-44(30-34-46)73-36-14-8-10-16-38-75-50(66)6-2/h5-6,11-12,17-18,39-46H,1-2,7-10,13-16,19-38H2,3-4H3. The van der Waals surface area contributed by atoms with E-state index in [1.807, 2.05) is 24.3 Å². The van der Waals surface area contributed by atoms with Crippen LogP contribution in [0.15, 0.2) is 69.3 Å². The van der Waals surface area contributed by atoms with Crippen molar-refractivity contribution in [2.24, 2.45) is 23.7 Å². The van der Waals surface area contributed by atoms with Crippen molar-refractivity contribution in [3.63, 3.8) is 0 Å². The Kier molecular flexibility index (Phi) is 23.7. The SMILES string of the molecule is C=CC(=O)OCCCCCCOC1CCC(OC(=O)C2CCC(C(=O)Oc3c4c(c(OC(=O)C5CCC(C(=O)OC6CCC(OCCCCCCOC(=O)C=C)CC6)CC5)c5ccccc35)SC(=C3C(=O)N(C)C(=S)N3C)S4)CC2)CC1. The molecule has 82 heavy (non-hydrogen) atoms. The van der Waals surface area contributed by atoms with Crippen LogP contribution in [0.1, 0.15) is 154 Å². The number of esters is 6. The van der Waals surface area contributed by atoms with Crippen LogP contribution in [0.25, 0.3) is 10.8 Å². The Bertz CT molecular complexity index is 2530. The highest BCUT2D eigenvalue weighted by Gasteiger charge is 2.43. The lowest BCUT2D eigenvalue weighted by Gasteiger charge is -2.31. The molecule has 0 radical (unpaired) electrons. The van der Waals surface area contributed by atoms with E-state index in [9.17, 15) is 33.6 Å². The van der Waals surface area contributed by atoms with Crippen molar-refractivity contribution < 1.29 is 71.5 Å². The fourth-order valence-corrected chi connectivity index (χ4v) is 14.6. The number of likely N-dealkylation sites (N-methyl/N-ethyl adjacent to an activating group) is 2. The lowest BCUT2D eigenvalue weighted by atomic mass is 9.82. The molecule has 2 heterocycles. The Labute approximate surface area is 495 Å². The third-order valence-corrected chi connectivity index (χ3v) is 19.8. The largest absolute Gasteiger partial charge is 0.463 e. The molecule has 1 saturated heterocycles. The number of benzene rings is 2. The van der Waals surface area contributed by atoms with Crippen LogP contribution < -0.4 is 9.47 Å². The van der Waals surface area contributed by atoms with Gasteiger partial charge in [0.2, 0.25) is 0 Å². The van der Waals surface area contributed by atoms with Crippen molar-refractivity contribution in [2.45, 2.75) is 188 Å². The minimum absolute atomic E-state index is 0.143. The molecule has 20 heteroatoms. The zero-order valence-corrected chi connectivity index (χ0v) is 50.0. The molecule has 8 rings (SSSR count). The molecule has 0 N–H and O–H groups in total. The number of ether oxygens (including phenoxy) is 8. The van der Waals surface area contributed by atoms with Gasteiger partial charge in [0.1, 0.15) is 17.9 Å². The molecule has 2 aliphatic heterocycles. The zero-order valence-electron chi connectivity index (χ0n) is 47.5. The third kappa shape index (κ3) is 16.7. The molecule has 6 aliphatic rings. The lowest BCUT2D eigenvalue weighted by Crippen LogP contribution is -2.33. The fraction of sp³-hybridized carbons (Fsp3) is 0.613. The highest BCUT2D eigenvalue weighted by Crippen LogP contribution is 2.62. The van der Waals surface area contributed by atoms with Crippen molar-refractivity contribution in [1.82, 2.24) is 9.80 Å². The zero-order chi connectivity index (χ0) is 58.1. The summed E-state index contributed by atoms with van der Waals surface area (Å²) in [7, 11) is 3.36. The predicted octanol–water partition coefficient (Wildman–Crippen LogP) is 11.6. The second-order valence-corrected chi connectivity index (χ2v) is 25.0. The molecule has 0 bridgehead atoms. The van der Waals surface area contributed by atoms with Crippen molar-refractivity contribution in [1.29, 1.82) is 0 Å². The highest BCUT2D eigenvalue weighted by atomic mass is 32.2. The van der Waals surface area contributed by atoms with Gasteiger partial charge in [-0.25, -0.2) is 9.59 Å². The van der Waals surface area contributed by atoms with Gasteiger partial charge in [0, 0.05) is 50.2 Å². The minimum Gasteiger partial charge on any atom is -0.463 e. The molecule has 0 aromatic heterocycles. The van der Waals surface area contributed by atoms with Gasteiger partial charge in [-0.3, -0.25) is 28.9 Å². The molecular formula is C62H80N2O15S3. The van der Waals surface area contributed by atoms with Gasteiger partial charge in [-0.15, -0.1) is 0 Å². The summed E-state index contributed by atoms with van der Waals surface area (Å²) < 4.78 is 47.8. The third-order valence-electron chi connectivity index (χ3n) is 16.6. The van der Waals surface area contributed by atoms with Crippen molar-refractivity contribution in [3.8, 4) is 11.5 Å². The second-order valence-electron chi connectivity index (χ2n) is 22.3. The summed E-state index contributed by atoms with van der Waals surface area (Å²) in [5, 5.41) is 1.47. The van der Waals surface area contributed by atoms with Gasteiger partial charge in [0.25, 0.3) is 5.91 Å². The van der Waals surface area contributed by atoms with Crippen LogP contribution >= 0.6 is 35.7 Å². The average molecular weight is 1190 g/mol. The first kappa shape index (κ1) is 62.8. The van der Waals surface area contributed by atoms with E-state index < -0.39 is 35.7 Å². The van der Waals surface area contributed by atoms with Crippen LogP contribution in [0, 0.1) is 23.7 Å². The second kappa shape index (κ2) is 31.0. The van der Waals surface area contributed by atoms with Crippen LogP contribution in [0.2, 0.25) is 0 Å². The van der Waals surface area contributed by atoms with Gasteiger partial charge < -0.3 is 42.8 Å². The quantitative estimate of drug-likeness (QED) is 0.0215. The van der Waals surface area contributed by atoms with E-state index in [0.29, 0.717) is 125 Å². The van der Waals surface area contributed by atoms with Crippen LogP contribution in [-0.4, -0.2) is 122 Å². The number of rotatable bonds is 26. The number of nitrogens with zero attached hydrogens (tertiary/aromatic N) is 2. The monoisotopic (exact) mass is 1190 g/mol. The summed E-state index contributed by atoms with van der Waals surface area (Å²) >= 11 is 8.13. The van der Waals surface area contributed by atoms with Crippen molar-refractivity contribution in [3.05, 3.63) is 59.5 Å². The molecule has 446 valence electrons. The summed E-state index contributed by atoms with van der Waals surface area (Å²) in [6.07, 6.45) is 19.8. The Balaban J connectivity index is 0.824. The maximum absolute atomic E-state index is 14.3. The van der Waals surface area contributed by atoms with Crippen molar-refractivity contribution >= 4 is 93.3 Å². The number of fused-ring (bicyclic) bond motifs is 2. The maximum atomic E-state index is 14.3. The molecule has 0 unspecified atom stereocenters. The van der Waals surface area contributed by atoms with Crippen LogP contribution in [-0.2, 0) is 62.0 Å². The minimum atomic E-state index is -0.465. The van der Waals surface area contributed by atoms with Gasteiger partial charge >= 0.3 is 35.8 Å². The van der Waals surface area contributed by atoms with Gasteiger partial charge in [0.15, 0.2) is 16.6 Å².